The molecule has 0 aliphatic heterocycles. The summed E-state index contributed by atoms with van der Waals surface area (Å²) in [5, 5.41) is 18.9. The van der Waals surface area contributed by atoms with Gasteiger partial charge in [0.1, 0.15) is 5.02 Å². The molecular weight excluding hydrogens is 398 g/mol. The molecule has 0 aliphatic rings. The second kappa shape index (κ2) is 10.4. The lowest BCUT2D eigenvalue weighted by atomic mass is 10.1. The summed E-state index contributed by atoms with van der Waals surface area (Å²) in [7, 11) is 3.84. The Morgan fingerprint density at radius 3 is 2.59 bits per heavy atom. The normalized spacial score (nSPS) is 10.5. The fourth-order valence-corrected chi connectivity index (χ4v) is 2.59. The van der Waals surface area contributed by atoms with Crippen LogP contribution in [0.1, 0.15) is 15.9 Å². The summed E-state index contributed by atoms with van der Waals surface area (Å²) in [4.78, 5) is 36.5. The number of amides is 3. The fraction of sp³-hybridized carbons (Fsp3) is 0.263. The molecule has 0 saturated carbocycles. The molecule has 3 amide bonds. The summed E-state index contributed by atoms with van der Waals surface area (Å²) in [5.41, 5.74) is 1.18. The summed E-state index contributed by atoms with van der Waals surface area (Å²) < 4.78 is 0. The number of hydrogen-bond acceptors (Lipinski definition) is 5. The Balaban J connectivity index is 1.91. The summed E-state index contributed by atoms with van der Waals surface area (Å²) in [5.74, 6) is -0.188. The van der Waals surface area contributed by atoms with Gasteiger partial charge in [0, 0.05) is 37.0 Å². The average molecular weight is 420 g/mol. The smallest absolute Gasteiger partial charge is 0.319 e. The minimum Gasteiger partial charge on any atom is -0.351 e. The molecular formula is C19H22ClN5O4. The maximum Gasteiger partial charge on any atom is 0.319 e. The fourth-order valence-electron chi connectivity index (χ4n) is 2.41. The highest BCUT2D eigenvalue weighted by molar-refractivity contribution is 6.32. The number of likely N-dealkylation sites (N-methyl/N-ethyl adjacent to an activating group) is 1. The minimum atomic E-state index is -0.625. The van der Waals surface area contributed by atoms with Crippen LogP contribution in [0.5, 0.6) is 0 Å². The van der Waals surface area contributed by atoms with Crippen molar-refractivity contribution < 1.29 is 14.5 Å². The summed E-state index contributed by atoms with van der Waals surface area (Å²) in [6, 6.07) is 10.4. The van der Waals surface area contributed by atoms with Crippen LogP contribution in [0.3, 0.4) is 0 Å². The molecule has 3 N–H and O–H groups in total. The van der Waals surface area contributed by atoms with Crippen molar-refractivity contribution >= 4 is 34.9 Å². The van der Waals surface area contributed by atoms with Crippen molar-refractivity contribution in [1.29, 1.82) is 0 Å². The average Bonchev–Trinajstić information content (AvgIpc) is 2.67. The van der Waals surface area contributed by atoms with Crippen LogP contribution in [0.25, 0.3) is 0 Å². The van der Waals surface area contributed by atoms with Crippen LogP contribution < -0.4 is 16.0 Å². The molecule has 0 saturated heterocycles. The first-order valence-electron chi connectivity index (χ1n) is 8.77. The van der Waals surface area contributed by atoms with Gasteiger partial charge in [-0.2, -0.15) is 0 Å². The van der Waals surface area contributed by atoms with E-state index in [9.17, 15) is 19.7 Å². The van der Waals surface area contributed by atoms with E-state index in [0.29, 0.717) is 12.1 Å². The maximum absolute atomic E-state index is 12.2. The van der Waals surface area contributed by atoms with Crippen molar-refractivity contribution in [2.24, 2.45) is 0 Å². The molecule has 154 valence electrons. The Labute approximate surface area is 173 Å². The molecule has 0 aromatic heterocycles. The van der Waals surface area contributed by atoms with E-state index < -0.39 is 11.0 Å². The molecule has 2 aromatic rings. The lowest BCUT2D eigenvalue weighted by Crippen LogP contribution is -2.31. The molecule has 0 unspecified atom stereocenters. The van der Waals surface area contributed by atoms with Crippen molar-refractivity contribution in [2.45, 2.75) is 6.54 Å². The van der Waals surface area contributed by atoms with E-state index in [1.54, 1.807) is 24.3 Å². The standard InChI is InChI=1S/C19H22ClN5O4/c1-24(2)9-8-21-18(26)14-5-3-4-13(10-14)12-22-19(27)23-15-6-7-16(20)17(11-15)25(28)29/h3-7,10-11H,8-9,12H2,1-2H3,(H,21,26)(H2,22,23,27). The third-order valence-corrected chi connectivity index (χ3v) is 4.21. The molecule has 29 heavy (non-hydrogen) atoms. The van der Waals surface area contributed by atoms with Crippen molar-refractivity contribution in [3.05, 3.63) is 68.7 Å². The molecule has 0 atom stereocenters. The molecule has 0 radical (unpaired) electrons. The van der Waals surface area contributed by atoms with Crippen LogP contribution >= 0.6 is 11.6 Å². The molecule has 10 heteroatoms. The van der Waals surface area contributed by atoms with Crippen molar-refractivity contribution in [1.82, 2.24) is 15.5 Å². The SMILES string of the molecule is CN(C)CCNC(=O)c1cccc(CNC(=O)Nc2ccc(Cl)c([N+](=O)[O-])c2)c1. The zero-order valence-electron chi connectivity index (χ0n) is 16.1. The Morgan fingerprint density at radius 2 is 1.90 bits per heavy atom. The van der Waals surface area contributed by atoms with Gasteiger partial charge < -0.3 is 20.9 Å². The first-order valence-corrected chi connectivity index (χ1v) is 9.14. The number of carbonyl (C=O) groups is 2. The molecule has 0 heterocycles. The van der Waals surface area contributed by atoms with E-state index in [0.717, 1.165) is 12.1 Å². The summed E-state index contributed by atoms with van der Waals surface area (Å²) in [6.07, 6.45) is 0. The second-order valence-corrected chi connectivity index (χ2v) is 6.90. The number of benzene rings is 2. The number of nitro groups is 1. The quantitative estimate of drug-likeness (QED) is 0.449. The predicted molar refractivity (Wildman–Crippen MR) is 111 cm³/mol. The summed E-state index contributed by atoms with van der Waals surface area (Å²) >= 11 is 5.75. The van der Waals surface area contributed by atoms with Gasteiger partial charge in [-0.1, -0.05) is 23.7 Å². The highest BCUT2D eigenvalue weighted by Crippen LogP contribution is 2.27. The van der Waals surface area contributed by atoms with Gasteiger partial charge in [0.25, 0.3) is 11.6 Å². The van der Waals surface area contributed by atoms with Crippen LogP contribution in [-0.2, 0) is 6.54 Å². The third-order valence-electron chi connectivity index (χ3n) is 3.89. The van der Waals surface area contributed by atoms with Crippen LogP contribution in [0.15, 0.2) is 42.5 Å². The third kappa shape index (κ3) is 7.05. The van der Waals surface area contributed by atoms with E-state index in [1.165, 1.54) is 18.2 Å². The molecule has 0 bridgehead atoms. The zero-order valence-corrected chi connectivity index (χ0v) is 16.8. The highest BCUT2D eigenvalue weighted by Gasteiger charge is 2.14. The topological polar surface area (TPSA) is 117 Å². The largest absolute Gasteiger partial charge is 0.351 e. The van der Waals surface area contributed by atoms with Gasteiger partial charge in [-0.05, 0) is 43.9 Å². The second-order valence-electron chi connectivity index (χ2n) is 6.49. The van der Waals surface area contributed by atoms with E-state index in [4.69, 9.17) is 11.6 Å². The number of urea groups is 1. The molecule has 9 nitrogen and oxygen atoms in total. The Hall–Kier alpha value is -3.17. The number of anilines is 1. The van der Waals surface area contributed by atoms with Gasteiger partial charge in [-0.15, -0.1) is 0 Å². The number of hydrogen-bond donors (Lipinski definition) is 3. The van der Waals surface area contributed by atoms with Crippen LogP contribution in [0.4, 0.5) is 16.2 Å². The van der Waals surface area contributed by atoms with E-state index in [1.807, 2.05) is 19.0 Å². The van der Waals surface area contributed by atoms with Crippen LogP contribution in [0, 0.1) is 10.1 Å². The van der Waals surface area contributed by atoms with Crippen molar-refractivity contribution in [3.8, 4) is 0 Å². The van der Waals surface area contributed by atoms with Crippen LogP contribution in [0.2, 0.25) is 5.02 Å². The van der Waals surface area contributed by atoms with Crippen molar-refractivity contribution in [3.63, 3.8) is 0 Å². The number of rotatable bonds is 8. The number of halogens is 1. The molecule has 0 spiro atoms. The van der Waals surface area contributed by atoms with Gasteiger partial charge in [-0.25, -0.2) is 4.79 Å². The lowest BCUT2D eigenvalue weighted by Gasteiger charge is -2.11. The molecule has 0 aliphatic carbocycles. The monoisotopic (exact) mass is 419 g/mol. The van der Waals surface area contributed by atoms with Gasteiger partial charge in [0.2, 0.25) is 0 Å². The van der Waals surface area contributed by atoms with Gasteiger partial charge in [0.05, 0.1) is 4.92 Å². The number of carbonyl (C=O) groups excluding carboxylic acids is 2. The van der Waals surface area contributed by atoms with E-state index in [-0.39, 0.29) is 28.8 Å². The number of nitrogens with one attached hydrogen (secondary N) is 3. The summed E-state index contributed by atoms with van der Waals surface area (Å²) in [6.45, 7) is 1.44. The highest BCUT2D eigenvalue weighted by atomic mass is 35.5. The Bertz CT molecular complexity index is 904. The number of nitrogens with zero attached hydrogens (tertiary/aromatic N) is 2. The molecule has 2 aromatic carbocycles. The van der Waals surface area contributed by atoms with E-state index >= 15 is 0 Å². The Morgan fingerprint density at radius 1 is 1.14 bits per heavy atom. The Kier molecular flexibility index (Phi) is 7.93. The maximum atomic E-state index is 12.2. The van der Waals surface area contributed by atoms with Crippen molar-refractivity contribution in [2.75, 3.05) is 32.5 Å². The van der Waals surface area contributed by atoms with Gasteiger partial charge >= 0.3 is 6.03 Å². The van der Waals surface area contributed by atoms with Crippen LogP contribution in [-0.4, -0.2) is 48.9 Å². The van der Waals surface area contributed by atoms with Gasteiger partial charge in [-0.3, -0.25) is 14.9 Å². The van der Waals surface area contributed by atoms with E-state index in [2.05, 4.69) is 16.0 Å². The number of nitro benzene ring substituents is 1. The molecule has 2 rings (SSSR count). The lowest BCUT2D eigenvalue weighted by molar-refractivity contribution is -0.384. The molecule has 0 fully saturated rings. The zero-order chi connectivity index (χ0) is 21.4. The minimum absolute atomic E-state index is 0.0124. The van der Waals surface area contributed by atoms with Gasteiger partial charge in [0.15, 0.2) is 0 Å². The predicted octanol–water partition coefficient (Wildman–Crippen LogP) is 2.86. The first-order chi connectivity index (χ1) is 13.8. The first kappa shape index (κ1) is 22.1.